The molecule has 0 amide bonds. The molecule has 2 rings (SSSR count). The summed E-state index contributed by atoms with van der Waals surface area (Å²) in [5.41, 5.74) is 1.55. The lowest BCUT2D eigenvalue weighted by atomic mass is 9.96. The molecule has 24 heavy (non-hydrogen) atoms. The third-order valence-corrected chi connectivity index (χ3v) is 3.67. The van der Waals surface area contributed by atoms with Gasteiger partial charge in [-0.25, -0.2) is 0 Å². The molecule has 0 saturated carbocycles. The Labute approximate surface area is 137 Å². The number of ketones is 1. The number of aryl methyl sites for hydroxylation is 3. The summed E-state index contributed by atoms with van der Waals surface area (Å²) in [7, 11) is 0. The number of carbonyl (C=O) groups excluding carboxylic acids is 1. The second-order valence-corrected chi connectivity index (χ2v) is 5.61. The molecule has 122 valence electrons. The molecule has 0 atom stereocenters. The second-order valence-electron chi connectivity index (χ2n) is 5.61. The average Bonchev–Trinajstić information content (AvgIpc) is 2.47. The van der Waals surface area contributed by atoms with Gasteiger partial charge in [-0.2, -0.15) is 5.26 Å². The van der Waals surface area contributed by atoms with Gasteiger partial charge in [0.05, 0.1) is 17.7 Å². The molecule has 0 unspecified atom stereocenters. The summed E-state index contributed by atoms with van der Waals surface area (Å²) in [5.74, 6) is -0.337. The molecular formula is C17H15N3O4. The Kier molecular flexibility index (Phi) is 4.60. The number of nitriles is 1. The average molecular weight is 325 g/mol. The van der Waals surface area contributed by atoms with E-state index < -0.39 is 16.2 Å². The van der Waals surface area contributed by atoms with Gasteiger partial charge in [-0.15, -0.1) is 0 Å². The minimum atomic E-state index is -0.723. The molecule has 0 aliphatic rings. The number of pyridine rings is 1. The van der Waals surface area contributed by atoms with Gasteiger partial charge in [-0.3, -0.25) is 24.3 Å². The van der Waals surface area contributed by atoms with Gasteiger partial charge in [-0.05, 0) is 31.9 Å². The predicted octanol–water partition coefficient (Wildman–Crippen LogP) is 2.44. The Bertz CT molecular complexity index is 928. The van der Waals surface area contributed by atoms with Crippen molar-refractivity contribution in [1.82, 2.24) is 4.57 Å². The Hall–Kier alpha value is -3.27. The fourth-order valence-electron chi connectivity index (χ4n) is 2.77. The lowest BCUT2D eigenvalue weighted by Crippen LogP contribution is -2.26. The van der Waals surface area contributed by atoms with Gasteiger partial charge in [0.15, 0.2) is 5.78 Å². The van der Waals surface area contributed by atoms with E-state index in [1.165, 1.54) is 0 Å². The molecule has 0 spiro atoms. The molecule has 0 N–H and O–H groups in total. The smallest absolute Gasteiger partial charge is 0.287 e. The monoisotopic (exact) mass is 325 g/mol. The van der Waals surface area contributed by atoms with E-state index in [2.05, 4.69) is 0 Å². The number of carbonyl (C=O) groups is 1. The van der Waals surface area contributed by atoms with E-state index in [9.17, 15) is 19.7 Å². The van der Waals surface area contributed by atoms with Crippen LogP contribution in [0.3, 0.4) is 0 Å². The zero-order valence-corrected chi connectivity index (χ0v) is 13.5. The van der Waals surface area contributed by atoms with Crippen LogP contribution >= 0.6 is 0 Å². The molecule has 0 aliphatic heterocycles. The first-order chi connectivity index (χ1) is 11.2. The zero-order chi connectivity index (χ0) is 18.0. The number of aromatic nitrogens is 1. The van der Waals surface area contributed by atoms with Crippen LogP contribution in [0.2, 0.25) is 0 Å². The van der Waals surface area contributed by atoms with E-state index in [4.69, 9.17) is 5.26 Å². The van der Waals surface area contributed by atoms with Crippen molar-refractivity contribution in [3.63, 3.8) is 0 Å². The first kappa shape index (κ1) is 17.1. The maximum Gasteiger partial charge on any atom is 0.287 e. The van der Waals surface area contributed by atoms with Crippen LogP contribution < -0.4 is 5.56 Å². The van der Waals surface area contributed by atoms with E-state index in [0.717, 1.165) is 33.5 Å². The molecule has 0 bridgehead atoms. The summed E-state index contributed by atoms with van der Waals surface area (Å²) in [4.78, 5) is 34.9. The first-order valence-electron chi connectivity index (χ1n) is 7.14. The highest BCUT2D eigenvalue weighted by molar-refractivity contribution is 5.98. The maximum atomic E-state index is 12.6. The third kappa shape index (κ3) is 3.22. The van der Waals surface area contributed by atoms with E-state index in [0.29, 0.717) is 5.56 Å². The quantitative estimate of drug-likeness (QED) is 0.487. The summed E-state index contributed by atoms with van der Waals surface area (Å²) in [5, 5.41) is 19.9. The fraction of sp³-hybridized carbons (Fsp3) is 0.235. The Morgan fingerprint density at radius 3 is 2.33 bits per heavy atom. The van der Waals surface area contributed by atoms with Crippen LogP contribution in [0.25, 0.3) is 0 Å². The molecule has 0 saturated heterocycles. The van der Waals surface area contributed by atoms with Gasteiger partial charge in [0.25, 0.3) is 11.2 Å². The maximum absolute atomic E-state index is 12.6. The SMILES string of the molecule is Cc1cc(C)c(C(=O)Cn2cc([N+](=O)[O-])cc(C#N)c2=O)c(C)c1. The molecule has 1 aromatic heterocycles. The molecule has 2 aromatic rings. The normalized spacial score (nSPS) is 10.2. The van der Waals surface area contributed by atoms with Crippen molar-refractivity contribution in [3.05, 3.63) is 72.7 Å². The summed E-state index contributed by atoms with van der Waals surface area (Å²) in [6, 6.07) is 6.25. The van der Waals surface area contributed by atoms with Crippen molar-refractivity contribution >= 4 is 11.5 Å². The van der Waals surface area contributed by atoms with Crippen molar-refractivity contribution < 1.29 is 9.72 Å². The molecule has 7 heteroatoms. The fourth-order valence-corrected chi connectivity index (χ4v) is 2.77. The third-order valence-electron chi connectivity index (χ3n) is 3.67. The van der Waals surface area contributed by atoms with Crippen LogP contribution in [0.15, 0.2) is 29.2 Å². The Morgan fingerprint density at radius 1 is 1.25 bits per heavy atom. The van der Waals surface area contributed by atoms with Gasteiger partial charge in [-0.1, -0.05) is 17.7 Å². The standard InChI is InChI=1S/C17H15N3O4/c1-10-4-11(2)16(12(3)5-10)15(21)9-19-8-14(20(23)24)6-13(7-18)17(19)22/h4-6,8H,9H2,1-3H3. The lowest BCUT2D eigenvalue weighted by molar-refractivity contribution is -0.385. The largest absolute Gasteiger partial charge is 0.300 e. The van der Waals surface area contributed by atoms with E-state index in [1.54, 1.807) is 19.9 Å². The van der Waals surface area contributed by atoms with Gasteiger partial charge < -0.3 is 0 Å². The second kappa shape index (κ2) is 6.46. The van der Waals surface area contributed by atoms with Crippen LogP contribution in [0.4, 0.5) is 5.69 Å². The van der Waals surface area contributed by atoms with Crippen LogP contribution in [0.1, 0.15) is 32.6 Å². The van der Waals surface area contributed by atoms with Gasteiger partial charge in [0.1, 0.15) is 11.6 Å². The number of hydrogen-bond donors (Lipinski definition) is 0. The van der Waals surface area contributed by atoms with E-state index in [-0.39, 0.29) is 17.9 Å². The molecule has 1 aromatic carbocycles. The number of hydrogen-bond acceptors (Lipinski definition) is 5. The minimum Gasteiger partial charge on any atom is -0.300 e. The van der Waals surface area contributed by atoms with Crippen molar-refractivity contribution in [1.29, 1.82) is 5.26 Å². The molecule has 0 aliphatic carbocycles. The summed E-state index contributed by atoms with van der Waals surface area (Å²) in [6.07, 6.45) is 0.986. The number of nitro groups is 1. The number of Topliss-reactive ketones (excluding diaryl/α,β-unsaturated/α-hetero) is 1. The van der Waals surface area contributed by atoms with Crippen LogP contribution in [0.5, 0.6) is 0 Å². The predicted molar refractivity (Wildman–Crippen MR) is 87.1 cm³/mol. The molecule has 0 radical (unpaired) electrons. The Balaban J connectivity index is 2.51. The van der Waals surface area contributed by atoms with Crippen LogP contribution in [-0.4, -0.2) is 15.3 Å². The van der Waals surface area contributed by atoms with Crippen molar-refractivity contribution in [3.8, 4) is 6.07 Å². The summed E-state index contributed by atoms with van der Waals surface area (Å²) in [6.45, 7) is 5.15. The first-order valence-corrected chi connectivity index (χ1v) is 7.14. The molecule has 1 heterocycles. The number of nitrogens with zero attached hydrogens (tertiary/aromatic N) is 3. The Morgan fingerprint density at radius 2 is 1.83 bits per heavy atom. The van der Waals surface area contributed by atoms with Crippen molar-refractivity contribution in [2.45, 2.75) is 27.3 Å². The van der Waals surface area contributed by atoms with Crippen molar-refractivity contribution in [2.75, 3.05) is 0 Å². The lowest BCUT2D eigenvalue weighted by Gasteiger charge is -2.11. The molecular weight excluding hydrogens is 310 g/mol. The number of rotatable bonds is 4. The highest BCUT2D eigenvalue weighted by atomic mass is 16.6. The van der Waals surface area contributed by atoms with E-state index >= 15 is 0 Å². The highest BCUT2D eigenvalue weighted by Crippen LogP contribution is 2.18. The van der Waals surface area contributed by atoms with Crippen LogP contribution in [0, 0.1) is 42.2 Å². The van der Waals surface area contributed by atoms with Gasteiger partial charge in [0.2, 0.25) is 0 Å². The number of benzene rings is 1. The molecule has 7 nitrogen and oxygen atoms in total. The van der Waals surface area contributed by atoms with Gasteiger partial charge >= 0.3 is 0 Å². The van der Waals surface area contributed by atoms with Crippen molar-refractivity contribution in [2.24, 2.45) is 0 Å². The minimum absolute atomic E-state index is 0.337. The van der Waals surface area contributed by atoms with Crippen LogP contribution in [-0.2, 0) is 6.54 Å². The topological polar surface area (TPSA) is 106 Å². The highest BCUT2D eigenvalue weighted by Gasteiger charge is 2.18. The summed E-state index contributed by atoms with van der Waals surface area (Å²) >= 11 is 0. The zero-order valence-electron chi connectivity index (χ0n) is 13.5. The van der Waals surface area contributed by atoms with Gasteiger partial charge in [0, 0.05) is 11.6 Å². The summed E-state index contributed by atoms with van der Waals surface area (Å²) < 4.78 is 0.914. The molecule has 0 fully saturated rings. The van der Waals surface area contributed by atoms with E-state index in [1.807, 2.05) is 19.1 Å².